The SMILES string of the molecule is CCN=c1scc(-c2cc3ccccc3o2)n1N=CC1CC2C=CC1C2. The topological polar surface area (TPSA) is 42.8 Å². The number of aromatic nitrogens is 1. The number of benzene rings is 1. The van der Waals surface area contributed by atoms with Gasteiger partial charge in [-0.3, -0.25) is 4.99 Å². The molecule has 0 N–H and O–H groups in total. The van der Waals surface area contributed by atoms with Crippen LogP contribution in [0.1, 0.15) is 19.8 Å². The van der Waals surface area contributed by atoms with E-state index in [0.717, 1.165) is 39.7 Å². The highest BCUT2D eigenvalue weighted by Gasteiger charge is 2.34. The number of hydrogen-bond acceptors (Lipinski definition) is 4. The average Bonchev–Trinajstić information content (AvgIpc) is 3.42. The van der Waals surface area contributed by atoms with Crippen LogP contribution in [0.25, 0.3) is 22.4 Å². The molecule has 3 unspecified atom stereocenters. The second kappa shape index (κ2) is 6.40. The van der Waals surface area contributed by atoms with Crippen molar-refractivity contribution in [3.8, 4) is 11.5 Å². The Balaban J connectivity index is 1.56. The second-order valence-electron chi connectivity index (χ2n) is 7.05. The van der Waals surface area contributed by atoms with Crippen molar-refractivity contribution in [2.45, 2.75) is 19.8 Å². The fourth-order valence-corrected chi connectivity index (χ4v) is 4.96. The Morgan fingerprint density at radius 2 is 2.19 bits per heavy atom. The van der Waals surface area contributed by atoms with Crippen molar-refractivity contribution >= 4 is 28.5 Å². The minimum absolute atomic E-state index is 0.537. The minimum atomic E-state index is 0.537. The quantitative estimate of drug-likeness (QED) is 0.479. The number of thiazole rings is 1. The standard InChI is InChI=1S/C21H21N3OS/c1-2-22-21-24(23-12-17-10-14-7-8-15(17)9-14)18(13-26-21)20-11-16-5-3-4-6-19(16)25-20/h3-8,11-15,17H,2,9-10H2,1H3. The third-order valence-electron chi connectivity index (χ3n) is 5.36. The first-order valence-corrected chi connectivity index (χ1v) is 10.1. The molecule has 1 aromatic carbocycles. The molecular weight excluding hydrogens is 342 g/mol. The summed E-state index contributed by atoms with van der Waals surface area (Å²) in [5.41, 5.74) is 1.87. The minimum Gasteiger partial charge on any atom is -0.454 e. The summed E-state index contributed by atoms with van der Waals surface area (Å²) in [6.07, 6.45) is 9.36. The smallest absolute Gasteiger partial charge is 0.206 e. The summed E-state index contributed by atoms with van der Waals surface area (Å²) in [6.45, 7) is 2.79. The molecule has 1 saturated carbocycles. The molecule has 0 spiro atoms. The molecule has 2 aliphatic carbocycles. The lowest BCUT2D eigenvalue weighted by atomic mass is 9.95. The van der Waals surface area contributed by atoms with E-state index in [1.54, 1.807) is 11.3 Å². The Hall–Kier alpha value is -2.40. The van der Waals surface area contributed by atoms with Crippen LogP contribution in [0.2, 0.25) is 0 Å². The maximum absolute atomic E-state index is 6.07. The van der Waals surface area contributed by atoms with Crippen LogP contribution < -0.4 is 4.80 Å². The molecule has 2 aromatic heterocycles. The van der Waals surface area contributed by atoms with Gasteiger partial charge in [-0.25, -0.2) is 4.68 Å². The van der Waals surface area contributed by atoms with E-state index in [1.807, 2.05) is 22.9 Å². The molecule has 0 saturated heterocycles. The zero-order valence-corrected chi connectivity index (χ0v) is 15.5. The lowest BCUT2D eigenvalue weighted by molar-refractivity contribution is 0.588. The molecule has 5 rings (SSSR count). The normalized spacial score (nSPS) is 25.3. The highest BCUT2D eigenvalue weighted by atomic mass is 32.1. The third-order valence-corrected chi connectivity index (χ3v) is 6.21. The van der Waals surface area contributed by atoms with Gasteiger partial charge in [0.2, 0.25) is 4.80 Å². The monoisotopic (exact) mass is 363 g/mol. The van der Waals surface area contributed by atoms with E-state index < -0.39 is 0 Å². The molecule has 2 heterocycles. The molecule has 26 heavy (non-hydrogen) atoms. The molecule has 0 radical (unpaired) electrons. The second-order valence-corrected chi connectivity index (χ2v) is 7.88. The third kappa shape index (κ3) is 2.67. The fraction of sp³-hybridized carbons (Fsp3) is 0.333. The number of fused-ring (bicyclic) bond motifs is 3. The summed E-state index contributed by atoms with van der Waals surface area (Å²) in [5.74, 6) is 2.78. The van der Waals surface area contributed by atoms with Crippen LogP contribution in [0.15, 0.2) is 62.4 Å². The van der Waals surface area contributed by atoms with Crippen LogP contribution in [0.3, 0.4) is 0 Å². The van der Waals surface area contributed by atoms with Crippen molar-refractivity contribution in [3.63, 3.8) is 0 Å². The number of rotatable bonds is 4. The average molecular weight is 363 g/mol. The van der Waals surface area contributed by atoms with E-state index in [4.69, 9.17) is 9.52 Å². The maximum Gasteiger partial charge on any atom is 0.206 e. The summed E-state index contributed by atoms with van der Waals surface area (Å²) in [6, 6.07) is 10.2. The lowest BCUT2D eigenvalue weighted by Crippen LogP contribution is -2.15. The van der Waals surface area contributed by atoms with Crippen LogP contribution in [-0.4, -0.2) is 17.4 Å². The van der Waals surface area contributed by atoms with E-state index in [1.165, 1.54) is 12.8 Å². The first-order chi connectivity index (χ1) is 12.8. The summed E-state index contributed by atoms with van der Waals surface area (Å²) >= 11 is 1.61. The molecule has 0 amide bonds. The molecule has 2 bridgehead atoms. The number of allylic oxidation sites excluding steroid dienone is 2. The molecule has 5 heteroatoms. The number of para-hydroxylation sites is 1. The predicted octanol–water partition coefficient (Wildman–Crippen LogP) is 4.93. The van der Waals surface area contributed by atoms with Crippen molar-refractivity contribution in [2.24, 2.45) is 27.8 Å². The molecule has 1 fully saturated rings. The fourth-order valence-electron chi connectivity index (χ4n) is 4.08. The summed E-state index contributed by atoms with van der Waals surface area (Å²) < 4.78 is 8.01. The highest BCUT2D eigenvalue weighted by Crippen LogP contribution is 2.42. The zero-order valence-electron chi connectivity index (χ0n) is 14.7. The van der Waals surface area contributed by atoms with Gasteiger partial charge in [0.15, 0.2) is 5.76 Å². The lowest BCUT2D eigenvalue weighted by Gasteiger charge is -2.12. The van der Waals surface area contributed by atoms with Crippen molar-refractivity contribution in [3.05, 3.63) is 52.7 Å². The van der Waals surface area contributed by atoms with Gasteiger partial charge in [-0.1, -0.05) is 30.4 Å². The zero-order chi connectivity index (χ0) is 17.5. The van der Waals surface area contributed by atoms with Crippen molar-refractivity contribution < 1.29 is 4.42 Å². The summed E-state index contributed by atoms with van der Waals surface area (Å²) in [7, 11) is 0. The van der Waals surface area contributed by atoms with Gasteiger partial charge >= 0.3 is 0 Å². The van der Waals surface area contributed by atoms with Gasteiger partial charge in [-0.2, -0.15) is 5.10 Å². The molecule has 132 valence electrons. The highest BCUT2D eigenvalue weighted by molar-refractivity contribution is 7.07. The van der Waals surface area contributed by atoms with E-state index in [-0.39, 0.29) is 0 Å². The Labute approximate surface area is 156 Å². The molecule has 2 aliphatic rings. The Morgan fingerprint density at radius 3 is 2.96 bits per heavy atom. The number of furan rings is 1. The largest absolute Gasteiger partial charge is 0.454 e. The van der Waals surface area contributed by atoms with Crippen molar-refractivity contribution in [1.29, 1.82) is 0 Å². The van der Waals surface area contributed by atoms with Gasteiger partial charge in [0.1, 0.15) is 11.3 Å². The van der Waals surface area contributed by atoms with Gasteiger partial charge in [0, 0.05) is 29.4 Å². The van der Waals surface area contributed by atoms with Crippen LogP contribution in [0, 0.1) is 17.8 Å². The number of hydrogen-bond donors (Lipinski definition) is 0. The van der Waals surface area contributed by atoms with E-state index in [0.29, 0.717) is 11.8 Å². The van der Waals surface area contributed by atoms with Gasteiger partial charge in [0.05, 0.1) is 0 Å². The molecular formula is C21H21N3OS. The molecule has 3 aromatic rings. The molecule has 0 aliphatic heterocycles. The van der Waals surface area contributed by atoms with Gasteiger partial charge < -0.3 is 4.42 Å². The summed E-state index contributed by atoms with van der Waals surface area (Å²) in [4.78, 5) is 5.53. The maximum atomic E-state index is 6.07. The van der Waals surface area contributed by atoms with E-state index >= 15 is 0 Å². The first kappa shape index (κ1) is 15.8. The van der Waals surface area contributed by atoms with Crippen molar-refractivity contribution in [2.75, 3.05) is 6.54 Å². The first-order valence-electron chi connectivity index (χ1n) is 9.24. The summed E-state index contributed by atoms with van der Waals surface area (Å²) in [5, 5.41) is 8.04. The molecule has 3 atom stereocenters. The number of nitrogens with zero attached hydrogens (tertiary/aromatic N) is 3. The Bertz CT molecular complexity index is 1040. The Kier molecular flexibility index (Phi) is 3.89. The van der Waals surface area contributed by atoms with E-state index in [9.17, 15) is 0 Å². The van der Waals surface area contributed by atoms with Crippen LogP contribution in [0.5, 0.6) is 0 Å². The van der Waals surface area contributed by atoms with Crippen LogP contribution >= 0.6 is 11.3 Å². The van der Waals surface area contributed by atoms with Crippen molar-refractivity contribution in [1.82, 2.24) is 4.68 Å². The van der Waals surface area contributed by atoms with Crippen LogP contribution in [0.4, 0.5) is 0 Å². The van der Waals surface area contributed by atoms with Gasteiger partial charge in [-0.15, -0.1) is 11.3 Å². The molecule has 4 nitrogen and oxygen atoms in total. The predicted molar refractivity (Wildman–Crippen MR) is 106 cm³/mol. The van der Waals surface area contributed by atoms with Gasteiger partial charge in [0.25, 0.3) is 0 Å². The van der Waals surface area contributed by atoms with E-state index in [2.05, 4.69) is 47.8 Å². The van der Waals surface area contributed by atoms with Gasteiger partial charge in [-0.05, 0) is 43.7 Å². The van der Waals surface area contributed by atoms with Crippen LogP contribution in [-0.2, 0) is 0 Å². The Morgan fingerprint density at radius 1 is 1.27 bits per heavy atom.